The van der Waals surface area contributed by atoms with Gasteiger partial charge in [-0.1, -0.05) is 54.6 Å². The van der Waals surface area contributed by atoms with E-state index >= 15 is 0 Å². The number of ketones is 1. The van der Waals surface area contributed by atoms with Crippen LogP contribution in [0.3, 0.4) is 0 Å². The second-order valence-corrected chi connectivity index (χ2v) is 8.79. The van der Waals surface area contributed by atoms with E-state index in [0.29, 0.717) is 39.0 Å². The Hall–Kier alpha value is -4.29. The van der Waals surface area contributed by atoms with E-state index in [0.717, 1.165) is 4.88 Å². The summed E-state index contributed by atoms with van der Waals surface area (Å²) in [6.45, 7) is 0. The van der Waals surface area contributed by atoms with Gasteiger partial charge in [-0.15, -0.1) is 11.3 Å². The number of fused-ring (bicyclic) bond motifs is 1. The molecule has 0 bridgehead atoms. The van der Waals surface area contributed by atoms with Crippen LogP contribution in [0.15, 0.2) is 102 Å². The minimum atomic E-state index is -1.10. The summed E-state index contributed by atoms with van der Waals surface area (Å²) >= 11 is 1.54. The number of esters is 1. The third-order valence-electron chi connectivity index (χ3n) is 5.65. The second-order valence-electron chi connectivity index (χ2n) is 7.84. The minimum absolute atomic E-state index is 0.316. The Morgan fingerprint density at radius 3 is 2.31 bits per heavy atom. The highest BCUT2D eigenvalue weighted by Crippen LogP contribution is 2.30. The Morgan fingerprint density at radius 1 is 0.857 bits per heavy atom. The van der Waals surface area contributed by atoms with E-state index in [1.54, 1.807) is 60.9 Å². The highest BCUT2D eigenvalue weighted by molar-refractivity contribution is 7.13. The summed E-state index contributed by atoms with van der Waals surface area (Å²) in [6, 6.07) is 28.8. The average Bonchev–Trinajstić information content (AvgIpc) is 3.46. The Morgan fingerprint density at radius 2 is 1.60 bits per heavy atom. The Bertz CT molecular complexity index is 1480. The fourth-order valence-electron chi connectivity index (χ4n) is 3.87. The molecule has 0 fully saturated rings. The molecule has 0 amide bonds. The molecule has 5 aromatic rings. The zero-order valence-corrected chi connectivity index (χ0v) is 19.7. The lowest BCUT2D eigenvalue weighted by Crippen LogP contribution is -2.20. The van der Waals surface area contributed by atoms with Gasteiger partial charge in [0.15, 0.2) is 6.10 Å². The number of pyridine rings is 1. The van der Waals surface area contributed by atoms with Crippen molar-refractivity contribution in [2.45, 2.75) is 6.10 Å². The van der Waals surface area contributed by atoms with Crippen molar-refractivity contribution in [1.29, 1.82) is 0 Å². The largest absolute Gasteiger partial charge is 0.497 e. The summed E-state index contributed by atoms with van der Waals surface area (Å²) in [5.74, 6) is -0.264. The lowest BCUT2D eigenvalue weighted by molar-refractivity contribution is 0.0282. The molecule has 0 N–H and O–H groups in total. The van der Waals surface area contributed by atoms with Crippen LogP contribution < -0.4 is 4.74 Å². The van der Waals surface area contributed by atoms with Gasteiger partial charge in [0.1, 0.15) is 5.75 Å². The first-order valence-corrected chi connectivity index (χ1v) is 11.9. The fourth-order valence-corrected chi connectivity index (χ4v) is 4.56. The van der Waals surface area contributed by atoms with Crippen LogP contribution >= 0.6 is 11.3 Å². The molecule has 0 aliphatic carbocycles. The molecule has 0 radical (unpaired) electrons. The quantitative estimate of drug-likeness (QED) is 0.191. The number of hydrogen-bond acceptors (Lipinski definition) is 6. The number of ether oxygens (including phenoxy) is 2. The van der Waals surface area contributed by atoms with E-state index in [4.69, 9.17) is 14.5 Å². The maximum atomic E-state index is 13.6. The number of aromatic nitrogens is 1. The molecule has 5 rings (SSSR count). The number of carbonyl (C=O) groups is 2. The first-order valence-electron chi connectivity index (χ1n) is 11.0. The van der Waals surface area contributed by atoms with Crippen LogP contribution in [0.4, 0.5) is 0 Å². The SMILES string of the molecule is COc1ccc(C(=O)[C@@H](OC(=O)c2cc(-c3cccs3)nc3ccccc23)c2ccccc2)cc1. The average molecular weight is 480 g/mol. The summed E-state index contributed by atoms with van der Waals surface area (Å²) in [5, 5.41) is 2.63. The number of benzene rings is 3. The van der Waals surface area contributed by atoms with Gasteiger partial charge < -0.3 is 9.47 Å². The lowest BCUT2D eigenvalue weighted by Gasteiger charge is -2.18. The van der Waals surface area contributed by atoms with E-state index in [2.05, 4.69) is 0 Å². The van der Waals surface area contributed by atoms with Gasteiger partial charge in [0.05, 0.1) is 28.8 Å². The molecule has 1 atom stereocenters. The summed E-state index contributed by atoms with van der Waals surface area (Å²) in [7, 11) is 1.56. The van der Waals surface area contributed by atoms with Gasteiger partial charge in [0.2, 0.25) is 5.78 Å². The summed E-state index contributed by atoms with van der Waals surface area (Å²) in [5.41, 5.74) is 2.75. The maximum Gasteiger partial charge on any atom is 0.339 e. The molecular weight excluding hydrogens is 458 g/mol. The van der Waals surface area contributed by atoms with E-state index in [9.17, 15) is 9.59 Å². The van der Waals surface area contributed by atoms with Gasteiger partial charge in [-0.25, -0.2) is 9.78 Å². The van der Waals surface area contributed by atoms with Crippen LogP contribution in [0.2, 0.25) is 0 Å². The van der Waals surface area contributed by atoms with Crippen molar-refractivity contribution < 1.29 is 19.1 Å². The number of Topliss-reactive ketones (excluding diaryl/α,β-unsaturated/α-hetero) is 1. The normalized spacial score (nSPS) is 11.7. The lowest BCUT2D eigenvalue weighted by atomic mass is 9.99. The molecule has 2 heterocycles. The first-order chi connectivity index (χ1) is 17.1. The monoisotopic (exact) mass is 479 g/mol. The Kier molecular flexibility index (Phi) is 6.37. The van der Waals surface area contributed by atoms with E-state index in [1.165, 1.54) is 0 Å². The van der Waals surface area contributed by atoms with E-state index in [-0.39, 0.29) is 5.78 Å². The highest BCUT2D eigenvalue weighted by atomic mass is 32.1. The molecule has 0 spiro atoms. The molecule has 0 saturated carbocycles. The predicted octanol–water partition coefficient (Wildman–Crippen LogP) is 6.75. The molecule has 6 heteroatoms. The number of hydrogen-bond donors (Lipinski definition) is 0. The van der Waals surface area contributed by atoms with Crippen LogP contribution in [-0.2, 0) is 4.74 Å². The van der Waals surface area contributed by atoms with Gasteiger partial charge in [0.25, 0.3) is 0 Å². The molecule has 5 nitrogen and oxygen atoms in total. The highest BCUT2D eigenvalue weighted by Gasteiger charge is 2.28. The van der Waals surface area contributed by atoms with Crippen LogP contribution in [0.25, 0.3) is 21.5 Å². The Balaban J connectivity index is 1.55. The molecule has 172 valence electrons. The molecule has 0 aliphatic heterocycles. The predicted molar refractivity (Wildman–Crippen MR) is 137 cm³/mol. The number of para-hydroxylation sites is 1. The Labute approximate surface area is 206 Å². The number of rotatable bonds is 7. The number of carbonyl (C=O) groups excluding carboxylic acids is 2. The van der Waals surface area contributed by atoms with Crippen LogP contribution in [0, 0.1) is 0 Å². The first kappa shape index (κ1) is 22.5. The summed E-state index contributed by atoms with van der Waals surface area (Å²) < 4.78 is 11.1. The molecule has 3 aromatic carbocycles. The second kappa shape index (κ2) is 9.91. The van der Waals surface area contributed by atoms with Crippen LogP contribution in [0.1, 0.15) is 32.4 Å². The van der Waals surface area contributed by atoms with Gasteiger partial charge in [0, 0.05) is 16.5 Å². The minimum Gasteiger partial charge on any atom is -0.497 e. The smallest absolute Gasteiger partial charge is 0.339 e. The standard InChI is InChI=1S/C29H21NO4S/c1-33-21-15-13-19(14-16-21)27(31)28(20-8-3-2-4-9-20)34-29(32)23-18-25(26-12-7-17-35-26)30-24-11-6-5-10-22(23)24/h2-18,28H,1H3/t28-/m0/s1. The van der Waals surface area contributed by atoms with Crippen molar-refractivity contribution in [3.05, 3.63) is 119 Å². The van der Waals surface area contributed by atoms with Crippen molar-refractivity contribution in [2.75, 3.05) is 7.11 Å². The molecule has 2 aromatic heterocycles. The van der Waals surface area contributed by atoms with Crippen LogP contribution in [-0.4, -0.2) is 23.8 Å². The molecule has 0 unspecified atom stereocenters. The van der Waals surface area contributed by atoms with E-state index < -0.39 is 12.1 Å². The molecule has 0 aliphatic rings. The molecular formula is C29H21NO4S. The number of nitrogens with zero attached hydrogens (tertiary/aromatic N) is 1. The third-order valence-corrected chi connectivity index (χ3v) is 6.54. The van der Waals surface area contributed by atoms with Gasteiger partial charge in [-0.2, -0.15) is 0 Å². The van der Waals surface area contributed by atoms with Crippen molar-refractivity contribution in [3.63, 3.8) is 0 Å². The topological polar surface area (TPSA) is 65.5 Å². The van der Waals surface area contributed by atoms with Gasteiger partial charge in [-0.05, 0) is 47.8 Å². The van der Waals surface area contributed by atoms with Crippen molar-refractivity contribution in [1.82, 2.24) is 4.98 Å². The molecule has 35 heavy (non-hydrogen) atoms. The van der Waals surface area contributed by atoms with Crippen LogP contribution in [0.5, 0.6) is 5.75 Å². The number of methoxy groups -OCH3 is 1. The van der Waals surface area contributed by atoms with Crippen molar-refractivity contribution in [2.24, 2.45) is 0 Å². The fraction of sp³-hybridized carbons (Fsp3) is 0.0690. The zero-order chi connectivity index (χ0) is 24.2. The van der Waals surface area contributed by atoms with Crippen molar-refractivity contribution >= 4 is 34.0 Å². The summed E-state index contributed by atoms with van der Waals surface area (Å²) in [6.07, 6.45) is -1.10. The summed E-state index contributed by atoms with van der Waals surface area (Å²) in [4.78, 5) is 32.7. The third kappa shape index (κ3) is 4.69. The molecule has 0 saturated heterocycles. The maximum absolute atomic E-state index is 13.6. The van der Waals surface area contributed by atoms with Crippen molar-refractivity contribution in [3.8, 4) is 16.3 Å². The number of thiophene rings is 1. The van der Waals surface area contributed by atoms with Gasteiger partial charge in [-0.3, -0.25) is 4.79 Å². The van der Waals surface area contributed by atoms with E-state index in [1.807, 2.05) is 60.0 Å². The van der Waals surface area contributed by atoms with Gasteiger partial charge >= 0.3 is 5.97 Å². The zero-order valence-electron chi connectivity index (χ0n) is 18.9.